The van der Waals surface area contributed by atoms with Crippen LogP contribution >= 0.6 is 38.9 Å². The van der Waals surface area contributed by atoms with E-state index >= 15 is 0 Å². The van der Waals surface area contributed by atoms with E-state index < -0.39 is 0 Å². The number of halogens is 2. The third-order valence-electron chi connectivity index (χ3n) is 2.23. The lowest BCUT2D eigenvalue weighted by molar-refractivity contribution is 0.303. The standard InChI is InChI=1S/C12H11BrClNOS/c1-8-7-17-12(15-8)6-16-11-4-2-3-10(14)9(11)5-13/h2-4,7H,5-6H2,1H3. The highest BCUT2D eigenvalue weighted by Gasteiger charge is 2.07. The van der Waals surface area contributed by atoms with Gasteiger partial charge in [-0.1, -0.05) is 33.6 Å². The molecule has 1 heterocycles. The van der Waals surface area contributed by atoms with E-state index in [-0.39, 0.29) is 0 Å². The smallest absolute Gasteiger partial charge is 0.140 e. The van der Waals surface area contributed by atoms with Gasteiger partial charge in [-0.2, -0.15) is 0 Å². The van der Waals surface area contributed by atoms with Crippen molar-refractivity contribution in [1.82, 2.24) is 4.98 Å². The van der Waals surface area contributed by atoms with Crippen LogP contribution in [0.2, 0.25) is 5.02 Å². The molecule has 90 valence electrons. The number of benzene rings is 1. The highest BCUT2D eigenvalue weighted by molar-refractivity contribution is 9.08. The van der Waals surface area contributed by atoms with Crippen molar-refractivity contribution in [3.8, 4) is 5.75 Å². The van der Waals surface area contributed by atoms with Gasteiger partial charge < -0.3 is 4.74 Å². The number of aryl methyl sites for hydroxylation is 1. The van der Waals surface area contributed by atoms with Gasteiger partial charge in [0.15, 0.2) is 0 Å². The predicted octanol–water partition coefficient (Wildman–Crippen LogP) is 4.58. The summed E-state index contributed by atoms with van der Waals surface area (Å²) >= 11 is 11.1. The van der Waals surface area contributed by atoms with Crippen LogP contribution in [0.4, 0.5) is 0 Å². The quantitative estimate of drug-likeness (QED) is 0.765. The molecule has 0 fully saturated rings. The van der Waals surface area contributed by atoms with E-state index in [9.17, 15) is 0 Å². The number of hydrogen-bond donors (Lipinski definition) is 0. The molecule has 0 unspecified atom stereocenters. The number of ether oxygens (including phenoxy) is 1. The molecule has 0 aliphatic heterocycles. The van der Waals surface area contributed by atoms with Crippen molar-refractivity contribution in [1.29, 1.82) is 0 Å². The molecule has 0 saturated carbocycles. The summed E-state index contributed by atoms with van der Waals surface area (Å²) in [4.78, 5) is 4.35. The number of aromatic nitrogens is 1. The molecule has 2 rings (SSSR count). The lowest BCUT2D eigenvalue weighted by Gasteiger charge is -2.09. The second-order valence-corrected chi connectivity index (χ2v) is 5.43. The second-order valence-electron chi connectivity index (χ2n) is 3.52. The zero-order chi connectivity index (χ0) is 12.3. The summed E-state index contributed by atoms with van der Waals surface area (Å²) in [6, 6.07) is 5.67. The number of hydrogen-bond acceptors (Lipinski definition) is 3. The summed E-state index contributed by atoms with van der Waals surface area (Å²) < 4.78 is 5.74. The van der Waals surface area contributed by atoms with Gasteiger partial charge >= 0.3 is 0 Å². The zero-order valence-electron chi connectivity index (χ0n) is 9.24. The third kappa shape index (κ3) is 3.21. The summed E-state index contributed by atoms with van der Waals surface area (Å²) in [6.07, 6.45) is 0. The summed E-state index contributed by atoms with van der Waals surface area (Å²) in [7, 11) is 0. The van der Waals surface area contributed by atoms with Gasteiger partial charge in [-0.15, -0.1) is 11.3 Å². The van der Waals surface area contributed by atoms with Crippen LogP contribution in [0.15, 0.2) is 23.6 Å². The Morgan fingerprint density at radius 1 is 1.47 bits per heavy atom. The molecule has 2 nitrogen and oxygen atoms in total. The van der Waals surface area contributed by atoms with E-state index in [1.807, 2.05) is 30.5 Å². The van der Waals surface area contributed by atoms with Crippen LogP contribution in [0.5, 0.6) is 5.75 Å². The van der Waals surface area contributed by atoms with E-state index in [2.05, 4.69) is 20.9 Å². The van der Waals surface area contributed by atoms with Gasteiger partial charge in [-0.3, -0.25) is 0 Å². The Morgan fingerprint density at radius 3 is 2.94 bits per heavy atom. The number of thiazole rings is 1. The van der Waals surface area contributed by atoms with Gasteiger partial charge in [0.05, 0.1) is 0 Å². The maximum absolute atomic E-state index is 6.09. The molecule has 1 aromatic carbocycles. The molecule has 17 heavy (non-hydrogen) atoms. The maximum Gasteiger partial charge on any atom is 0.140 e. The molecule has 0 atom stereocenters. The van der Waals surface area contributed by atoms with Crippen molar-refractivity contribution < 1.29 is 4.74 Å². The van der Waals surface area contributed by atoms with Crippen molar-refractivity contribution in [3.63, 3.8) is 0 Å². The Morgan fingerprint density at radius 2 is 2.29 bits per heavy atom. The second kappa shape index (κ2) is 5.85. The monoisotopic (exact) mass is 331 g/mol. The fourth-order valence-corrected chi connectivity index (χ4v) is 3.07. The normalized spacial score (nSPS) is 10.5. The van der Waals surface area contributed by atoms with Crippen LogP contribution in [0.25, 0.3) is 0 Å². The maximum atomic E-state index is 6.09. The van der Waals surface area contributed by atoms with Crippen molar-refractivity contribution >= 4 is 38.9 Å². The van der Waals surface area contributed by atoms with Crippen LogP contribution in [-0.2, 0) is 11.9 Å². The van der Waals surface area contributed by atoms with E-state index in [1.165, 1.54) is 0 Å². The largest absolute Gasteiger partial charge is 0.486 e. The van der Waals surface area contributed by atoms with Crippen LogP contribution in [-0.4, -0.2) is 4.98 Å². The molecule has 0 spiro atoms. The van der Waals surface area contributed by atoms with Crippen molar-refractivity contribution in [2.24, 2.45) is 0 Å². The molecule has 0 saturated heterocycles. The minimum atomic E-state index is 0.485. The van der Waals surface area contributed by atoms with Crippen LogP contribution in [0.1, 0.15) is 16.3 Å². The van der Waals surface area contributed by atoms with Gasteiger partial charge in [-0.05, 0) is 19.1 Å². The zero-order valence-corrected chi connectivity index (χ0v) is 12.4. The van der Waals surface area contributed by atoms with Crippen LogP contribution < -0.4 is 4.74 Å². The fourth-order valence-electron chi connectivity index (χ4n) is 1.41. The van der Waals surface area contributed by atoms with E-state index in [4.69, 9.17) is 16.3 Å². The number of nitrogens with zero attached hydrogens (tertiary/aromatic N) is 1. The lowest BCUT2D eigenvalue weighted by atomic mass is 10.2. The van der Waals surface area contributed by atoms with Gasteiger partial charge in [0, 0.05) is 27.0 Å². The van der Waals surface area contributed by atoms with Gasteiger partial charge in [0.1, 0.15) is 17.4 Å². The van der Waals surface area contributed by atoms with E-state index in [0.717, 1.165) is 27.0 Å². The average molecular weight is 333 g/mol. The molecule has 0 amide bonds. The van der Waals surface area contributed by atoms with Crippen molar-refractivity contribution in [2.45, 2.75) is 18.9 Å². The first-order valence-electron chi connectivity index (χ1n) is 5.08. The van der Waals surface area contributed by atoms with E-state index in [1.54, 1.807) is 11.3 Å². The first-order chi connectivity index (χ1) is 8.20. The van der Waals surface area contributed by atoms with Gasteiger partial charge in [0.25, 0.3) is 0 Å². The Kier molecular flexibility index (Phi) is 4.42. The Bertz CT molecular complexity index is 515. The minimum Gasteiger partial charge on any atom is -0.486 e. The molecular formula is C12H11BrClNOS. The van der Waals surface area contributed by atoms with Crippen molar-refractivity contribution in [3.05, 3.63) is 44.9 Å². The number of rotatable bonds is 4. The Hall–Kier alpha value is -0.580. The Labute approximate surface area is 118 Å². The molecule has 2 aromatic rings. The van der Waals surface area contributed by atoms with Gasteiger partial charge in [0.2, 0.25) is 0 Å². The highest BCUT2D eigenvalue weighted by Crippen LogP contribution is 2.29. The third-order valence-corrected chi connectivity index (χ3v) is 4.08. The van der Waals surface area contributed by atoms with Gasteiger partial charge in [-0.25, -0.2) is 4.98 Å². The SMILES string of the molecule is Cc1csc(COc2cccc(Cl)c2CBr)n1. The fraction of sp³-hybridized carbons (Fsp3) is 0.250. The number of alkyl halides is 1. The molecule has 1 aromatic heterocycles. The summed E-state index contributed by atoms with van der Waals surface area (Å²) in [5, 5.41) is 4.39. The summed E-state index contributed by atoms with van der Waals surface area (Å²) in [5.74, 6) is 0.808. The molecule has 0 radical (unpaired) electrons. The minimum absolute atomic E-state index is 0.485. The van der Waals surface area contributed by atoms with Crippen LogP contribution in [0.3, 0.4) is 0 Å². The van der Waals surface area contributed by atoms with Crippen molar-refractivity contribution in [2.75, 3.05) is 0 Å². The molecule has 5 heteroatoms. The molecular weight excluding hydrogens is 322 g/mol. The molecule has 0 bridgehead atoms. The van der Waals surface area contributed by atoms with E-state index in [0.29, 0.717) is 11.9 Å². The molecule has 0 aliphatic carbocycles. The predicted molar refractivity (Wildman–Crippen MR) is 75.3 cm³/mol. The summed E-state index contributed by atoms with van der Waals surface area (Å²) in [5.41, 5.74) is 2.00. The van der Waals surface area contributed by atoms with Crippen LogP contribution in [0, 0.1) is 6.92 Å². The summed E-state index contributed by atoms with van der Waals surface area (Å²) in [6.45, 7) is 2.46. The molecule has 0 N–H and O–H groups in total. The average Bonchev–Trinajstić information content (AvgIpc) is 2.72. The molecule has 0 aliphatic rings. The topological polar surface area (TPSA) is 22.1 Å². The Balaban J connectivity index is 2.11. The highest BCUT2D eigenvalue weighted by atomic mass is 79.9. The first-order valence-corrected chi connectivity index (χ1v) is 7.45. The first kappa shape index (κ1) is 12.9. The lowest BCUT2D eigenvalue weighted by Crippen LogP contribution is -1.98.